The van der Waals surface area contributed by atoms with Crippen molar-refractivity contribution in [3.63, 3.8) is 0 Å². The van der Waals surface area contributed by atoms with Gasteiger partial charge in [-0.3, -0.25) is 0 Å². The summed E-state index contributed by atoms with van der Waals surface area (Å²) in [6.45, 7) is 10.7. The first-order valence-corrected chi connectivity index (χ1v) is 7.56. The van der Waals surface area contributed by atoms with Crippen LogP contribution in [-0.4, -0.2) is 19.2 Å². The number of esters is 1. The second-order valence-electron chi connectivity index (χ2n) is 5.55. The van der Waals surface area contributed by atoms with E-state index in [4.69, 9.17) is 9.47 Å². The summed E-state index contributed by atoms with van der Waals surface area (Å²) in [5.41, 5.74) is 1.77. The molecule has 3 heteroatoms. The number of rotatable bonds is 9. The number of carbonyl (C=O) groups excluding carboxylic acids is 1. The van der Waals surface area contributed by atoms with Crippen LogP contribution in [0.15, 0.2) is 36.4 Å². The van der Waals surface area contributed by atoms with Crippen LogP contribution in [0.2, 0.25) is 0 Å². The Labute approximate surface area is 128 Å². The first kappa shape index (κ1) is 17.3. The van der Waals surface area contributed by atoms with E-state index in [1.165, 1.54) is 5.56 Å². The van der Waals surface area contributed by atoms with Crippen molar-refractivity contribution in [3.8, 4) is 5.75 Å². The van der Waals surface area contributed by atoms with Crippen molar-refractivity contribution < 1.29 is 14.3 Å². The Balaban J connectivity index is 2.09. The van der Waals surface area contributed by atoms with Crippen LogP contribution in [0.1, 0.15) is 51.5 Å². The monoisotopic (exact) mass is 290 g/mol. The Hall–Kier alpha value is -1.77. The molecule has 116 valence electrons. The maximum Gasteiger partial charge on any atom is 0.333 e. The lowest BCUT2D eigenvalue weighted by Crippen LogP contribution is -2.06. The average molecular weight is 290 g/mol. The van der Waals surface area contributed by atoms with Gasteiger partial charge in [-0.1, -0.05) is 32.6 Å². The van der Waals surface area contributed by atoms with E-state index >= 15 is 0 Å². The predicted molar refractivity (Wildman–Crippen MR) is 85.7 cm³/mol. The van der Waals surface area contributed by atoms with E-state index in [2.05, 4.69) is 32.6 Å². The molecule has 0 atom stereocenters. The summed E-state index contributed by atoms with van der Waals surface area (Å²) >= 11 is 0. The standard InChI is InChI=1S/C18H26O3/c1-14(2)16-8-10-17(11-9-16)20-12-6-5-7-13-21-18(19)15(3)4/h8-11,14H,3,5-7,12-13H2,1-2,4H3. The molecule has 21 heavy (non-hydrogen) atoms. The molecule has 3 nitrogen and oxygen atoms in total. The third-order valence-electron chi connectivity index (χ3n) is 3.19. The van der Waals surface area contributed by atoms with E-state index in [1.807, 2.05) is 12.1 Å². The van der Waals surface area contributed by atoms with Gasteiger partial charge in [-0.25, -0.2) is 4.79 Å². The molecular formula is C18H26O3. The number of ether oxygens (including phenoxy) is 2. The van der Waals surface area contributed by atoms with Crippen LogP contribution >= 0.6 is 0 Å². The number of benzene rings is 1. The maximum atomic E-state index is 11.1. The maximum absolute atomic E-state index is 11.1. The molecular weight excluding hydrogens is 264 g/mol. The van der Waals surface area contributed by atoms with E-state index in [9.17, 15) is 4.79 Å². The summed E-state index contributed by atoms with van der Waals surface area (Å²) in [6, 6.07) is 8.25. The lowest BCUT2D eigenvalue weighted by Gasteiger charge is -2.09. The van der Waals surface area contributed by atoms with Crippen LogP contribution in [0.25, 0.3) is 0 Å². The Bertz CT molecular complexity index is 446. The van der Waals surface area contributed by atoms with E-state index < -0.39 is 0 Å². The van der Waals surface area contributed by atoms with Gasteiger partial charge in [0.1, 0.15) is 5.75 Å². The van der Waals surface area contributed by atoms with Crippen molar-refractivity contribution in [1.82, 2.24) is 0 Å². The topological polar surface area (TPSA) is 35.5 Å². The Morgan fingerprint density at radius 3 is 2.29 bits per heavy atom. The first-order valence-electron chi connectivity index (χ1n) is 7.56. The lowest BCUT2D eigenvalue weighted by molar-refractivity contribution is -0.139. The average Bonchev–Trinajstić information content (AvgIpc) is 2.46. The van der Waals surface area contributed by atoms with Crippen LogP contribution in [0.3, 0.4) is 0 Å². The fourth-order valence-electron chi connectivity index (χ4n) is 1.81. The smallest absolute Gasteiger partial charge is 0.333 e. The van der Waals surface area contributed by atoms with Crippen LogP contribution in [0.4, 0.5) is 0 Å². The minimum absolute atomic E-state index is 0.309. The zero-order valence-corrected chi connectivity index (χ0v) is 13.4. The number of hydrogen-bond donors (Lipinski definition) is 0. The highest BCUT2D eigenvalue weighted by Gasteiger charge is 2.02. The highest BCUT2D eigenvalue weighted by Crippen LogP contribution is 2.18. The minimum Gasteiger partial charge on any atom is -0.494 e. The predicted octanol–water partition coefficient (Wildman–Crippen LogP) is 4.48. The molecule has 0 radical (unpaired) electrons. The van der Waals surface area contributed by atoms with Crippen molar-refractivity contribution >= 4 is 5.97 Å². The van der Waals surface area contributed by atoms with Gasteiger partial charge in [0, 0.05) is 5.57 Å². The molecule has 1 rings (SSSR count). The largest absolute Gasteiger partial charge is 0.494 e. The van der Waals surface area contributed by atoms with Crippen molar-refractivity contribution in [2.24, 2.45) is 0 Å². The molecule has 0 aromatic heterocycles. The summed E-state index contributed by atoms with van der Waals surface area (Å²) in [4.78, 5) is 11.1. The molecule has 0 aliphatic rings. The zero-order valence-electron chi connectivity index (χ0n) is 13.4. The molecule has 0 aliphatic heterocycles. The van der Waals surface area contributed by atoms with Gasteiger partial charge in [0.2, 0.25) is 0 Å². The molecule has 0 saturated carbocycles. The molecule has 0 fully saturated rings. The van der Waals surface area contributed by atoms with Crippen LogP contribution in [0.5, 0.6) is 5.75 Å². The zero-order chi connectivity index (χ0) is 15.7. The highest BCUT2D eigenvalue weighted by atomic mass is 16.5. The van der Waals surface area contributed by atoms with Gasteiger partial charge >= 0.3 is 5.97 Å². The fourth-order valence-corrected chi connectivity index (χ4v) is 1.81. The molecule has 1 aromatic carbocycles. The fraction of sp³-hybridized carbons (Fsp3) is 0.500. The summed E-state index contributed by atoms with van der Waals surface area (Å²) < 4.78 is 10.7. The van der Waals surface area contributed by atoms with E-state index in [1.54, 1.807) is 6.92 Å². The highest BCUT2D eigenvalue weighted by molar-refractivity contribution is 5.86. The molecule has 0 spiro atoms. The summed E-state index contributed by atoms with van der Waals surface area (Å²) in [6.07, 6.45) is 2.79. The van der Waals surface area contributed by atoms with Gasteiger partial charge in [-0.2, -0.15) is 0 Å². The van der Waals surface area contributed by atoms with Crippen LogP contribution in [-0.2, 0) is 9.53 Å². The van der Waals surface area contributed by atoms with Gasteiger partial charge in [-0.05, 0) is 49.8 Å². The minimum atomic E-state index is -0.309. The molecule has 0 aliphatic carbocycles. The Morgan fingerprint density at radius 2 is 1.71 bits per heavy atom. The third-order valence-corrected chi connectivity index (χ3v) is 3.19. The van der Waals surface area contributed by atoms with Gasteiger partial charge in [0.05, 0.1) is 13.2 Å². The number of carbonyl (C=O) groups is 1. The summed E-state index contributed by atoms with van der Waals surface area (Å²) in [5.74, 6) is 1.14. The molecule has 1 aromatic rings. The number of unbranched alkanes of at least 4 members (excludes halogenated alkanes) is 2. The van der Waals surface area contributed by atoms with Crippen LogP contribution < -0.4 is 4.74 Å². The molecule has 0 bridgehead atoms. The van der Waals surface area contributed by atoms with Crippen molar-refractivity contribution in [2.75, 3.05) is 13.2 Å². The normalized spacial score (nSPS) is 10.5. The quantitative estimate of drug-likeness (QED) is 0.382. The van der Waals surface area contributed by atoms with Gasteiger partial charge in [-0.15, -0.1) is 0 Å². The molecule has 0 saturated heterocycles. The van der Waals surface area contributed by atoms with Crippen molar-refractivity contribution in [2.45, 2.75) is 46.0 Å². The van der Waals surface area contributed by atoms with E-state index in [0.29, 0.717) is 24.7 Å². The molecule has 0 unspecified atom stereocenters. The van der Waals surface area contributed by atoms with Gasteiger partial charge in [0.25, 0.3) is 0 Å². The molecule has 0 amide bonds. The van der Waals surface area contributed by atoms with E-state index in [-0.39, 0.29) is 5.97 Å². The second-order valence-corrected chi connectivity index (χ2v) is 5.55. The van der Waals surface area contributed by atoms with Crippen molar-refractivity contribution in [1.29, 1.82) is 0 Å². The Kier molecular flexibility index (Phi) is 7.59. The van der Waals surface area contributed by atoms with Gasteiger partial charge in [0.15, 0.2) is 0 Å². The van der Waals surface area contributed by atoms with Crippen molar-refractivity contribution in [3.05, 3.63) is 42.0 Å². The van der Waals surface area contributed by atoms with E-state index in [0.717, 1.165) is 25.0 Å². The molecule has 0 heterocycles. The third kappa shape index (κ3) is 6.98. The number of hydrogen-bond acceptors (Lipinski definition) is 3. The first-order chi connectivity index (χ1) is 10.0. The second kappa shape index (κ2) is 9.22. The Morgan fingerprint density at radius 1 is 1.10 bits per heavy atom. The summed E-state index contributed by atoms with van der Waals surface area (Å²) in [5, 5.41) is 0. The van der Waals surface area contributed by atoms with Gasteiger partial charge < -0.3 is 9.47 Å². The molecule has 0 N–H and O–H groups in total. The van der Waals surface area contributed by atoms with Crippen LogP contribution in [0, 0.1) is 0 Å². The SMILES string of the molecule is C=C(C)C(=O)OCCCCCOc1ccc(C(C)C)cc1. The lowest BCUT2D eigenvalue weighted by atomic mass is 10.0. The summed E-state index contributed by atoms with van der Waals surface area (Å²) in [7, 11) is 0.